The van der Waals surface area contributed by atoms with Crippen LogP contribution in [-0.2, 0) is 47.4 Å². The maximum Gasteiger partial charge on any atom is 0.338 e. The van der Waals surface area contributed by atoms with E-state index in [0.29, 0.717) is 98.1 Å². The van der Waals surface area contributed by atoms with E-state index in [0.717, 1.165) is 0 Å². The second kappa shape index (κ2) is 25.5. The van der Waals surface area contributed by atoms with E-state index in [9.17, 15) is 9.59 Å². The number of carboxylic acids is 1. The van der Waals surface area contributed by atoms with Crippen LogP contribution in [0.4, 0.5) is 0 Å². The maximum atomic E-state index is 11.7. The van der Waals surface area contributed by atoms with Crippen LogP contribution < -0.4 is 0 Å². The average molecular weight is 533 g/mol. The SMILES string of the molecule is O=C(O)COCCOCCOCCOCCOCCOCCOCCOCCOC(=O)c1ccccc1. The number of esters is 1. The van der Waals surface area contributed by atoms with Crippen LogP contribution in [0, 0.1) is 0 Å². The molecule has 0 bridgehead atoms. The van der Waals surface area contributed by atoms with Gasteiger partial charge in [0.15, 0.2) is 0 Å². The van der Waals surface area contributed by atoms with Crippen molar-refractivity contribution in [2.24, 2.45) is 0 Å². The molecule has 0 saturated carbocycles. The standard InChI is InChI=1S/C25H40O12/c26-24(27)22-36-19-18-34-15-14-32-11-10-30-7-6-29-8-9-31-12-13-33-16-17-35-20-21-37-25(28)23-4-2-1-3-5-23/h1-5H,6-22H2,(H,26,27). The lowest BCUT2D eigenvalue weighted by molar-refractivity contribution is -0.142. The van der Waals surface area contributed by atoms with Crippen LogP contribution in [0.2, 0.25) is 0 Å². The molecular weight excluding hydrogens is 492 g/mol. The van der Waals surface area contributed by atoms with Gasteiger partial charge in [-0.15, -0.1) is 0 Å². The number of benzene rings is 1. The topological polar surface area (TPSA) is 137 Å². The summed E-state index contributed by atoms with van der Waals surface area (Å²) in [5.74, 6) is -1.36. The van der Waals surface area contributed by atoms with Gasteiger partial charge >= 0.3 is 11.9 Å². The number of carbonyl (C=O) groups is 2. The second-order valence-corrected chi connectivity index (χ2v) is 7.23. The van der Waals surface area contributed by atoms with Gasteiger partial charge in [0.2, 0.25) is 0 Å². The van der Waals surface area contributed by atoms with E-state index in [-0.39, 0.29) is 25.8 Å². The molecule has 1 rings (SSSR count). The number of aliphatic carboxylic acids is 1. The lowest BCUT2D eigenvalue weighted by Crippen LogP contribution is -2.15. The van der Waals surface area contributed by atoms with E-state index >= 15 is 0 Å². The first-order chi connectivity index (χ1) is 18.2. The van der Waals surface area contributed by atoms with Crippen molar-refractivity contribution in [1.82, 2.24) is 0 Å². The van der Waals surface area contributed by atoms with Crippen molar-refractivity contribution in [3.8, 4) is 0 Å². The number of carbonyl (C=O) groups excluding carboxylic acids is 1. The Morgan fingerprint density at radius 1 is 0.486 bits per heavy atom. The summed E-state index contributed by atoms with van der Waals surface area (Å²) in [5.41, 5.74) is 0.520. The Balaban J connectivity index is 1.67. The van der Waals surface area contributed by atoms with Crippen molar-refractivity contribution >= 4 is 11.9 Å². The summed E-state index contributed by atoms with van der Waals surface area (Å²) < 4.78 is 47.5. The summed E-state index contributed by atoms with van der Waals surface area (Å²) in [7, 11) is 0. The molecule has 0 spiro atoms. The van der Waals surface area contributed by atoms with Gasteiger partial charge < -0.3 is 47.7 Å². The molecule has 1 N–H and O–H groups in total. The zero-order valence-corrected chi connectivity index (χ0v) is 21.3. The highest BCUT2D eigenvalue weighted by Crippen LogP contribution is 2.00. The third kappa shape index (κ3) is 22.7. The Labute approximate surface area is 218 Å². The molecule has 1 aromatic rings. The summed E-state index contributed by atoms with van der Waals surface area (Å²) in [6.45, 7) is 6.15. The predicted molar refractivity (Wildman–Crippen MR) is 131 cm³/mol. The molecule has 212 valence electrons. The van der Waals surface area contributed by atoms with Crippen LogP contribution in [0.3, 0.4) is 0 Å². The van der Waals surface area contributed by atoms with Crippen LogP contribution >= 0.6 is 0 Å². The van der Waals surface area contributed by atoms with Gasteiger partial charge in [0.25, 0.3) is 0 Å². The molecule has 12 heteroatoms. The molecule has 0 heterocycles. The van der Waals surface area contributed by atoms with E-state index in [1.54, 1.807) is 24.3 Å². The quantitative estimate of drug-likeness (QED) is 0.128. The van der Waals surface area contributed by atoms with Crippen LogP contribution in [0.5, 0.6) is 0 Å². The molecule has 0 aliphatic heterocycles. The summed E-state index contributed by atoms with van der Waals surface area (Å²) >= 11 is 0. The molecule has 0 atom stereocenters. The van der Waals surface area contributed by atoms with Gasteiger partial charge in [0, 0.05) is 0 Å². The van der Waals surface area contributed by atoms with Gasteiger partial charge in [0.05, 0.1) is 105 Å². The van der Waals surface area contributed by atoms with E-state index < -0.39 is 5.97 Å². The second-order valence-electron chi connectivity index (χ2n) is 7.23. The molecule has 0 radical (unpaired) electrons. The van der Waals surface area contributed by atoms with Gasteiger partial charge in [-0.2, -0.15) is 0 Å². The first-order valence-corrected chi connectivity index (χ1v) is 12.3. The normalized spacial score (nSPS) is 11.0. The van der Waals surface area contributed by atoms with E-state index in [1.165, 1.54) is 0 Å². The number of carboxylic acid groups (broad SMARTS) is 1. The summed E-state index contributed by atoms with van der Waals surface area (Å²) in [6, 6.07) is 8.82. The van der Waals surface area contributed by atoms with Crippen molar-refractivity contribution in [2.75, 3.05) is 112 Å². The van der Waals surface area contributed by atoms with Gasteiger partial charge in [-0.1, -0.05) is 18.2 Å². The van der Waals surface area contributed by atoms with Crippen molar-refractivity contribution < 1.29 is 57.3 Å². The molecule has 0 aliphatic rings. The molecule has 1 aromatic carbocycles. The highest BCUT2D eigenvalue weighted by atomic mass is 16.6. The van der Waals surface area contributed by atoms with Crippen LogP contribution in [-0.4, -0.2) is 129 Å². The number of hydrogen-bond donors (Lipinski definition) is 1. The van der Waals surface area contributed by atoms with Crippen LogP contribution in [0.25, 0.3) is 0 Å². The highest BCUT2D eigenvalue weighted by molar-refractivity contribution is 5.89. The minimum atomic E-state index is -0.999. The number of hydrogen-bond acceptors (Lipinski definition) is 11. The third-order valence-electron chi connectivity index (χ3n) is 4.30. The Morgan fingerprint density at radius 2 is 0.811 bits per heavy atom. The van der Waals surface area contributed by atoms with Crippen molar-refractivity contribution in [3.63, 3.8) is 0 Å². The number of ether oxygens (including phenoxy) is 9. The minimum absolute atomic E-state index is 0.196. The molecule has 12 nitrogen and oxygen atoms in total. The van der Waals surface area contributed by atoms with Crippen molar-refractivity contribution in [1.29, 1.82) is 0 Å². The maximum absolute atomic E-state index is 11.7. The first kappa shape index (κ1) is 32.9. The smallest absolute Gasteiger partial charge is 0.338 e. The summed E-state index contributed by atoms with van der Waals surface area (Å²) in [4.78, 5) is 22.0. The van der Waals surface area contributed by atoms with Crippen molar-refractivity contribution in [2.45, 2.75) is 0 Å². The molecule has 0 fully saturated rings. The fourth-order valence-corrected chi connectivity index (χ4v) is 2.55. The molecule has 37 heavy (non-hydrogen) atoms. The Morgan fingerprint density at radius 3 is 1.16 bits per heavy atom. The zero-order chi connectivity index (χ0) is 26.7. The third-order valence-corrected chi connectivity index (χ3v) is 4.30. The zero-order valence-electron chi connectivity index (χ0n) is 21.3. The largest absolute Gasteiger partial charge is 0.480 e. The Bertz CT molecular complexity index is 658. The number of rotatable bonds is 27. The van der Waals surface area contributed by atoms with Crippen LogP contribution in [0.15, 0.2) is 30.3 Å². The Hall–Kier alpha value is -2.16. The van der Waals surface area contributed by atoms with Gasteiger partial charge in [0.1, 0.15) is 13.2 Å². The van der Waals surface area contributed by atoms with E-state index in [4.69, 9.17) is 47.7 Å². The van der Waals surface area contributed by atoms with Crippen molar-refractivity contribution in [3.05, 3.63) is 35.9 Å². The molecule has 0 aromatic heterocycles. The summed E-state index contributed by atoms with van der Waals surface area (Å²) in [5, 5.41) is 8.40. The lowest BCUT2D eigenvalue weighted by Gasteiger charge is -2.09. The van der Waals surface area contributed by atoms with Crippen LogP contribution in [0.1, 0.15) is 10.4 Å². The van der Waals surface area contributed by atoms with Gasteiger partial charge in [-0.3, -0.25) is 0 Å². The van der Waals surface area contributed by atoms with Gasteiger partial charge in [-0.25, -0.2) is 9.59 Å². The minimum Gasteiger partial charge on any atom is -0.480 e. The van der Waals surface area contributed by atoms with Gasteiger partial charge in [-0.05, 0) is 12.1 Å². The molecule has 0 aliphatic carbocycles. The Kier molecular flexibility index (Phi) is 22.6. The predicted octanol–water partition coefficient (Wildman–Crippen LogP) is 1.06. The van der Waals surface area contributed by atoms with E-state index in [1.807, 2.05) is 6.07 Å². The molecule has 0 saturated heterocycles. The molecular formula is C25H40O12. The average Bonchev–Trinajstić information content (AvgIpc) is 2.90. The molecule has 0 amide bonds. The van der Waals surface area contributed by atoms with E-state index in [2.05, 4.69) is 0 Å². The lowest BCUT2D eigenvalue weighted by atomic mass is 10.2. The monoisotopic (exact) mass is 532 g/mol. The highest BCUT2D eigenvalue weighted by Gasteiger charge is 2.05. The first-order valence-electron chi connectivity index (χ1n) is 12.3. The molecule has 0 unspecified atom stereocenters. The fourth-order valence-electron chi connectivity index (χ4n) is 2.55. The fraction of sp³-hybridized carbons (Fsp3) is 0.680. The summed E-state index contributed by atoms with van der Waals surface area (Å²) in [6.07, 6.45) is 0.